The van der Waals surface area contributed by atoms with Gasteiger partial charge in [0.2, 0.25) is 0 Å². The van der Waals surface area contributed by atoms with Crippen LogP contribution in [0.5, 0.6) is 0 Å². The molecule has 3 fully saturated rings. The van der Waals surface area contributed by atoms with Crippen LogP contribution in [0.4, 0.5) is 0 Å². The van der Waals surface area contributed by atoms with E-state index in [1.165, 1.54) is 12.8 Å². The second kappa shape index (κ2) is 4.61. The van der Waals surface area contributed by atoms with E-state index in [0.29, 0.717) is 17.8 Å². The minimum absolute atomic E-state index is 0.0286. The molecular weight excluding hydrogens is 236 g/mol. The van der Waals surface area contributed by atoms with Gasteiger partial charge in [0.15, 0.2) is 11.1 Å². The lowest BCUT2D eigenvalue weighted by atomic mass is 9.73. The zero-order valence-corrected chi connectivity index (χ0v) is 11.3. The van der Waals surface area contributed by atoms with Gasteiger partial charge < -0.3 is 5.32 Å². The molecule has 7 atom stereocenters. The van der Waals surface area contributed by atoms with Gasteiger partial charge in [-0.1, -0.05) is 13.3 Å². The molecule has 0 aromatic carbocycles. The lowest BCUT2D eigenvalue weighted by Crippen LogP contribution is -2.64. The van der Waals surface area contributed by atoms with Gasteiger partial charge in [-0.3, -0.25) is 9.50 Å². The van der Waals surface area contributed by atoms with Crippen LogP contribution in [0.2, 0.25) is 0 Å². The average molecular weight is 258 g/mol. The van der Waals surface area contributed by atoms with Crippen molar-refractivity contribution in [2.45, 2.75) is 50.8 Å². The van der Waals surface area contributed by atoms with E-state index in [1.54, 1.807) is 0 Å². The van der Waals surface area contributed by atoms with Crippen LogP contribution in [0.25, 0.3) is 0 Å². The molecule has 3 aliphatic rings. The Balaban J connectivity index is 1.79. The molecule has 17 heavy (non-hydrogen) atoms. The second-order valence-corrected chi connectivity index (χ2v) is 7.08. The zero-order chi connectivity index (χ0) is 12.0. The predicted molar refractivity (Wildman–Crippen MR) is 67.4 cm³/mol. The van der Waals surface area contributed by atoms with Crippen LogP contribution in [-0.2, 0) is 15.3 Å². The molecule has 0 bridgehead atoms. The molecule has 0 aromatic rings. The monoisotopic (exact) mass is 258 g/mol. The first kappa shape index (κ1) is 12.1. The summed E-state index contributed by atoms with van der Waals surface area (Å²) in [4.78, 5) is 0. The summed E-state index contributed by atoms with van der Waals surface area (Å²) in [7, 11) is 0. The highest BCUT2D eigenvalue weighted by Crippen LogP contribution is 2.41. The third kappa shape index (κ3) is 2.18. The molecule has 0 aromatic heterocycles. The lowest BCUT2D eigenvalue weighted by Gasteiger charge is -2.49. The summed E-state index contributed by atoms with van der Waals surface area (Å²) < 4.78 is 17.9. The van der Waals surface area contributed by atoms with Crippen molar-refractivity contribution in [1.82, 2.24) is 10.6 Å². The Labute approximate surface area is 106 Å². The minimum atomic E-state index is -1.16. The Morgan fingerprint density at radius 3 is 2.88 bits per heavy atom. The van der Waals surface area contributed by atoms with Crippen LogP contribution in [0.15, 0.2) is 0 Å². The molecule has 4 nitrogen and oxygen atoms in total. The summed E-state index contributed by atoms with van der Waals surface area (Å²) in [5, 5.41) is 6.85. The fraction of sp³-hybridized carbons (Fsp3) is 1.00. The standard InChI is InChI=1S/C12H22N2O2S/c1-7-3-4-9-10-6-13-8(2)14-12(10)17(15)16-11(9)5-7/h7-14H,3-6H2,1-2H3. The van der Waals surface area contributed by atoms with Gasteiger partial charge in [-0.15, -0.1) is 0 Å². The molecule has 0 radical (unpaired) electrons. The first-order valence-electron chi connectivity index (χ1n) is 6.72. The van der Waals surface area contributed by atoms with Crippen LogP contribution < -0.4 is 10.6 Å². The summed E-state index contributed by atoms with van der Waals surface area (Å²) in [5.41, 5.74) is 0. The highest BCUT2D eigenvalue weighted by molar-refractivity contribution is 7.80. The van der Waals surface area contributed by atoms with Gasteiger partial charge in [0.05, 0.1) is 12.3 Å². The van der Waals surface area contributed by atoms with Crippen molar-refractivity contribution in [2.24, 2.45) is 17.8 Å². The van der Waals surface area contributed by atoms with Gasteiger partial charge in [0.1, 0.15) is 5.37 Å². The van der Waals surface area contributed by atoms with Gasteiger partial charge in [-0.25, -0.2) is 4.21 Å². The summed E-state index contributed by atoms with van der Waals surface area (Å²) in [6, 6.07) is 0. The van der Waals surface area contributed by atoms with Gasteiger partial charge in [-0.2, -0.15) is 0 Å². The molecule has 2 aliphatic heterocycles. The van der Waals surface area contributed by atoms with Gasteiger partial charge in [0.25, 0.3) is 0 Å². The molecule has 98 valence electrons. The summed E-state index contributed by atoms with van der Waals surface area (Å²) in [6.45, 7) is 5.32. The fourth-order valence-corrected chi connectivity index (χ4v) is 5.04. The molecular formula is C12H22N2O2S. The minimum Gasteiger partial charge on any atom is -0.302 e. The number of fused-ring (bicyclic) bond motifs is 3. The van der Waals surface area contributed by atoms with E-state index in [-0.39, 0.29) is 17.6 Å². The molecule has 5 heteroatoms. The lowest BCUT2D eigenvalue weighted by molar-refractivity contribution is 0.00891. The first-order chi connectivity index (χ1) is 8.15. The Morgan fingerprint density at radius 2 is 2.06 bits per heavy atom. The van der Waals surface area contributed by atoms with E-state index < -0.39 is 11.1 Å². The third-order valence-corrected chi connectivity index (χ3v) is 5.88. The first-order valence-corrected chi connectivity index (χ1v) is 7.86. The number of hydrogen-bond donors (Lipinski definition) is 2. The van der Waals surface area contributed by atoms with Crippen molar-refractivity contribution in [1.29, 1.82) is 0 Å². The topological polar surface area (TPSA) is 50.4 Å². The molecule has 7 unspecified atom stereocenters. The quantitative estimate of drug-likeness (QED) is 0.680. The zero-order valence-electron chi connectivity index (χ0n) is 10.5. The van der Waals surface area contributed by atoms with E-state index in [9.17, 15) is 4.21 Å². The molecule has 3 rings (SSSR count). The summed E-state index contributed by atoms with van der Waals surface area (Å²) in [6.07, 6.45) is 4.05. The van der Waals surface area contributed by atoms with Crippen LogP contribution in [-0.4, -0.2) is 28.4 Å². The van der Waals surface area contributed by atoms with Gasteiger partial charge in [-0.05, 0) is 31.6 Å². The normalized spacial score (nSPS) is 54.8. The molecule has 2 saturated heterocycles. The van der Waals surface area contributed by atoms with Crippen molar-refractivity contribution in [2.75, 3.05) is 6.54 Å². The van der Waals surface area contributed by atoms with Crippen molar-refractivity contribution < 1.29 is 8.39 Å². The maximum atomic E-state index is 12.1. The number of hydrogen-bond acceptors (Lipinski definition) is 4. The number of nitrogens with one attached hydrogen (secondary N) is 2. The van der Waals surface area contributed by atoms with Crippen molar-refractivity contribution in [3.8, 4) is 0 Å². The predicted octanol–water partition coefficient (Wildman–Crippen LogP) is 0.966. The van der Waals surface area contributed by atoms with E-state index in [2.05, 4.69) is 24.5 Å². The second-order valence-electron chi connectivity index (χ2n) is 5.86. The van der Waals surface area contributed by atoms with Crippen molar-refractivity contribution in [3.05, 3.63) is 0 Å². The molecule has 2 heterocycles. The molecule has 1 saturated carbocycles. The molecule has 0 amide bonds. The largest absolute Gasteiger partial charge is 0.302 e. The number of rotatable bonds is 0. The Hall–Kier alpha value is 0.0300. The Morgan fingerprint density at radius 1 is 1.24 bits per heavy atom. The van der Waals surface area contributed by atoms with E-state index in [0.717, 1.165) is 13.0 Å². The Bertz CT molecular complexity index is 326. The van der Waals surface area contributed by atoms with Gasteiger partial charge in [0, 0.05) is 12.5 Å². The van der Waals surface area contributed by atoms with Gasteiger partial charge >= 0.3 is 0 Å². The highest BCUT2D eigenvalue weighted by atomic mass is 32.2. The maximum Gasteiger partial charge on any atom is 0.173 e. The van der Waals surface area contributed by atoms with E-state index in [1.807, 2.05) is 0 Å². The van der Waals surface area contributed by atoms with E-state index in [4.69, 9.17) is 4.18 Å². The SMILES string of the molecule is CC1CCC2C(C1)OS(=O)C1NC(C)NCC21. The van der Waals surface area contributed by atoms with Crippen LogP contribution in [0.1, 0.15) is 33.1 Å². The molecule has 1 aliphatic carbocycles. The smallest absolute Gasteiger partial charge is 0.173 e. The van der Waals surface area contributed by atoms with Crippen LogP contribution in [0.3, 0.4) is 0 Å². The molecule has 2 N–H and O–H groups in total. The maximum absolute atomic E-state index is 12.1. The van der Waals surface area contributed by atoms with Crippen LogP contribution in [0, 0.1) is 17.8 Å². The third-order valence-electron chi connectivity index (χ3n) is 4.54. The van der Waals surface area contributed by atoms with Crippen molar-refractivity contribution >= 4 is 11.1 Å². The fourth-order valence-electron chi connectivity index (χ4n) is 3.56. The Kier molecular flexibility index (Phi) is 3.28. The summed E-state index contributed by atoms with van der Waals surface area (Å²) >= 11 is -1.16. The highest BCUT2D eigenvalue weighted by Gasteiger charge is 2.48. The summed E-state index contributed by atoms with van der Waals surface area (Å²) in [5.74, 6) is 1.77. The average Bonchev–Trinajstić information content (AvgIpc) is 2.29. The van der Waals surface area contributed by atoms with E-state index >= 15 is 0 Å². The van der Waals surface area contributed by atoms with Crippen LogP contribution >= 0.6 is 0 Å². The van der Waals surface area contributed by atoms with Crippen molar-refractivity contribution in [3.63, 3.8) is 0 Å². The molecule has 0 spiro atoms.